The van der Waals surface area contributed by atoms with Crippen LogP contribution in [0, 0.1) is 6.92 Å². The van der Waals surface area contributed by atoms with Gasteiger partial charge in [-0.15, -0.1) is 0 Å². The number of pyridine rings is 1. The van der Waals surface area contributed by atoms with Gasteiger partial charge in [0.2, 0.25) is 0 Å². The highest BCUT2D eigenvalue weighted by molar-refractivity contribution is 9.10. The van der Waals surface area contributed by atoms with E-state index in [0.29, 0.717) is 0 Å². The van der Waals surface area contributed by atoms with Gasteiger partial charge in [-0.25, -0.2) is 4.98 Å². The molecule has 0 radical (unpaired) electrons. The fourth-order valence-electron chi connectivity index (χ4n) is 2.22. The van der Waals surface area contributed by atoms with Crippen LogP contribution >= 0.6 is 15.9 Å². The molecular formula is C12H13BrN4. The maximum absolute atomic E-state index is 4.55. The average molecular weight is 293 g/mol. The third-order valence-corrected chi connectivity index (χ3v) is 3.63. The number of hydrogen-bond donors (Lipinski definition) is 0. The maximum atomic E-state index is 4.55. The molecule has 88 valence electrons. The first kappa shape index (κ1) is 10.8. The minimum atomic E-state index is 0.858. The van der Waals surface area contributed by atoms with Gasteiger partial charge < -0.3 is 9.47 Å². The Bertz CT molecular complexity index is 549. The highest BCUT2D eigenvalue weighted by atomic mass is 79.9. The molecule has 3 rings (SSSR count). The van der Waals surface area contributed by atoms with Crippen LogP contribution in [0.15, 0.2) is 29.1 Å². The van der Waals surface area contributed by atoms with Crippen LogP contribution in [0.2, 0.25) is 0 Å². The van der Waals surface area contributed by atoms with Crippen LogP contribution in [0.3, 0.4) is 0 Å². The van der Waals surface area contributed by atoms with E-state index >= 15 is 0 Å². The average Bonchev–Trinajstić information content (AvgIpc) is 2.68. The van der Waals surface area contributed by atoms with E-state index < -0.39 is 0 Å². The molecule has 0 atom stereocenters. The van der Waals surface area contributed by atoms with Gasteiger partial charge >= 0.3 is 0 Å². The summed E-state index contributed by atoms with van der Waals surface area (Å²) in [6, 6.07) is 2.04. The molecule has 0 amide bonds. The fourth-order valence-corrected chi connectivity index (χ4v) is 2.73. The number of fused-ring (bicyclic) bond motifs is 1. The van der Waals surface area contributed by atoms with E-state index in [2.05, 4.69) is 41.6 Å². The number of imidazole rings is 1. The lowest BCUT2D eigenvalue weighted by Gasteiger charge is -2.30. The van der Waals surface area contributed by atoms with Crippen molar-refractivity contribution in [2.45, 2.75) is 20.0 Å². The summed E-state index contributed by atoms with van der Waals surface area (Å²) in [4.78, 5) is 11.0. The zero-order valence-corrected chi connectivity index (χ0v) is 11.2. The van der Waals surface area contributed by atoms with Gasteiger partial charge in [0.1, 0.15) is 5.82 Å². The van der Waals surface area contributed by atoms with Gasteiger partial charge in [0.05, 0.1) is 22.4 Å². The Morgan fingerprint density at radius 3 is 3.06 bits per heavy atom. The molecule has 0 aliphatic carbocycles. The summed E-state index contributed by atoms with van der Waals surface area (Å²) < 4.78 is 3.28. The van der Waals surface area contributed by atoms with Crippen molar-refractivity contribution >= 4 is 21.6 Å². The number of aryl methyl sites for hydroxylation is 1. The molecule has 0 bridgehead atoms. The molecule has 0 aromatic carbocycles. The SMILES string of the molecule is Cc1cn2c(n1)CN(c1ccncc1Br)CC2. The maximum Gasteiger partial charge on any atom is 0.128 e. The van der Waals surface area contributed by atoms with Gasteiger partial charge in [0.15, 0.2) is 0 Å². The summed E-state index contributed by atoms with van der Waals surface area (Å²) in [7, 11) is 0. The molecular weight excluding hydrogens is 280 g/mol. The highest BCUT2D eigenvalue weighted by Gasteiger charge is 2.19. The first-order valence-corrected chi connectivity index (χ1v) is 6.40. The summed E-state index contributed by atoms with van der Waals surface area (Å²) in [5.41, 5.74) is 2.28. The lowest BCUT2D eigenvalue weighted by atomic mass is 10.3. The zero-order chi connectivity index (χ0) is 11.8. The van der Waals surface area contributed by atoms with Crippen molar-refractivity contribution in [3.05, 3.63) is 40.6 Å². The fraction of sp³-hybridized carbons (Fsp3) is 0.333. The molecule has 1 aliphatic heterocycles. The minimum absolute atomic E-state index is 0.858. The monoisotopic (exact) mass is 292 g/mol. The summed E-state index contributed by atoms with van der Waals surface area (Å²) in [6.45, 7) is 4.89. The topological polar surface area (TPSA) is 34.0 Å². The largest absolute Gasteiger partial charge is 0.361 e. The van der Waals surface area contributed by atoms with Crippen LogP contribution in [0.25, 0.3) is 0 Å². The Balaban J connectivity index is 1.91. The first-order valence-electron chi connectivity index (χ1n) is 5.61. The lowest BCUT2D eigenvalue weighted by Crippen LogP contribution is -2.33. The number of nitrogens with zero attached hydrogens (tertiary/aromatic N) is 4. The molecule has 5 heteroatoms. The van der Waals surface area contributed by atoms with Gasteiger partial charge in [-0.3, -0.25) is 4.98 Å². The second-order valence-corrected chi connectivity index (χ2v) is 5.09. The van der Waals surface area contributed by atoms with Crippen molar-refractivity contribution in [3.63, 3.8) is 0 Å². The number of aromatic nitrogens is 3. The highest BCUT2D eigenvalue weighted by Crippen LogP contribution is 2.27. The standard InChI is InChI=1S/C12H13BrN4/c1-9-7-17-5-4-16(8-12(17)15-9)11-2-3-14-6-10(11)13/h2-3,6-7H,4-5,8H2,1H3. The van der Waals surface area contributed by atoms with Gasteiger partial charge in [-0.05, 0) is 28.9 Å². The normalized spacial score (nSPS) is 14.8. The molecule has 17 heavy (non-hydrogen) atoms. The van der Waals surface area contributed by atoms with E-state index in [1.807, 2.05) is 25.4 Å². The molecule has 0 fully saturated rings. The van der Waals surface area contributed by atoms with Crippen molar-refractivity contribution in [1.82, 2.24) is 14.5 Å². The van der Waals surface area contributed by atoms with E-state index in [0.717, 1.165) is 35.6 Å². The van der Waals surface area contributed by atoms with Gasteiger partial charge in [-0.2, -0.15) is 0 Å². The van der Waals surface area contributed by atoms with E-state index in [-0.39, 0.29) is 0 Å². The van der Waals surface area contributed by atoms with Crippen molar-refractivity contribution < 1.29 is 0 Å². The molecule has 0 saturated heterocycles. The predicted octanol–water partition coefficient (Wildman–Crippen LogP) is 2.37. The Kier molecular flexibility index (Phi) is 2.63. The molecule has 1 aliphatic rings. The molecule has 0 spiro atoms. The summed E-state index contributed by atoms with van der Waals surface area (Å²) >= 11 is 3.55. The Labute approximate surface area is 108 Å². The van der Waals surface area contributed by atoms with Crippen LogP contribution in [0.4, 0.5) is 5.69 Å². The van der Waals surface area contributed by atoms with Crippen LogP contribution in [-0.2, 0) is 13.1 Å². The molecule has 0 saturated carbocycles. The van der Waals surface area contributed by atoms with Gasteiger partial charge in [0.25, 0.3) is 0 Å². The quantitative estimate of drug-likeness (QED) is 0.809. The number of halogens is 1. The number of rotatable bonds is 1. The summed E-state index contributed by atoms with van der Waals surface area (Å²) in [5, 5.41) is 0. The van der Waals surface area contributed by atoms with E-state index in [9.17, 15) is 0 Å². The van der Waals surface area contributed by atoms with E-state index in [4.69, 9.17) is 0 Å². The van der Waals surface area contributed by atoms with Crippen molar-refractivity contribution in [2.75, 3.05) is 11.4 Å². The second-order valence-electron chi connectivity index (χ2n) is 4.24. The van der Waals surface area contributed by atoms with E-state index in [1.165, 1.54) is 5.69 Å². The Hall–Kier alpha value is -1.36. The number of hydrogen-bond acceptors (Lipinski definition) is 3. The van der Waals surface area contributed by atoms with E-state index in [1.54, 1.807) is 0 Å². The third kappa shape index (κ3) is 1.95. The lowest BCUT2D eigenvalue weighted by molar-refractivity contribution is 0.559. The molecule has 2 aromatic rings. The molecule has 4 nitrogen and oxygen atoms in total. The van der Waals surface area contributed by atoms with Crippen LogP contribution < -0.4 is 4.90 Å². The van der Waals surface area contributed by atoms with Crippen molar-refractivity contribution in [2.24, 2.45) is 0 Å². The van der Waals surface area contributed by atoms with Crippen LogP contribution in [-0.4, -0.2) is 21.1 Å². The second kappa shape index (κ2) is 4.14. The smallest absolute Gasteiger partial charge is 0.128 e. The van der Waals surface area contributed by atoms with Crippen molar-refractivity contribution in [3.8, 4) is 0 Å². The van der Waals surface area contributed by atoms with Gasteiger partial charge in [0, 0.05) is 31.7 Å². The summed E-state index contributed by atoms with van der Waals surface area (Å²) in [5.74, 6) is 1.14. The molecule has 0 unspecified atom stereocenters. The van der Waals surface area contributed by atoms with Crippen molar-refractivity contribution in [1.29, 1.82) is 0 Å². The molecule has 2 aromatic heterocycles. The Morgan fingerprint density at radius 1 is 1.35 bits per heavy atom. The molecule has 0 N–H and O–H groups in total. The number of anilines is 1. The van der Waals surface area contributed by atoms with Crippen LogP contribution in [0.5, 0.6) is 0 Å². The summed E-state index contributed by atoms with van der Waals surface area (Å²) in [6.07, 6.45) is 5.78. The third-order valence-electron chi connectivity index (χ3n) is 3.01. The predicted molar refractivity (Wildman–Crippen MR) is 70.0 cm³/mol. The van der Waals surface area contributed by atoms with Gasteiger partial charge in [-0.1, -0.05) is 0 Å². The van der Waals surface area contributed by atoms with Crippen LogP contribution in [0.1, 0.15) is 11.5 Å². The molecule has 3 heterocycles. The first-order chi connectivity index (χ1) is 8.24. The Morgan fingerprint density at radius 2 is 2.24 bits per heavy atom. The zero-order valence-electron chi connectivity index (χ0n) is 9.60. The minimum Gasteiger partial charge on any atom is -0.361 e.